The quantitative estimate of drug-likeness (QED) is 0.768. The van der Waals surface area contributed by atoms with Crippen molar-refractivity contribution in [1.29, 1.82) is 0 Å². The van der Waals surface area contributed by atoms with Gasteiger partial charge in [-0.3, -0.25) is 4.79 Å². The molecule has 3 heteroatoms. The van der Waals surface area contributed by atoms with Gasteiger partial charge >= 0.3 is 0 Å². The minimum Gasteiger partial charge on any atom is -0.493 e. The summed E-state index contributed by atoms with van der Waals surface area (Å²) in [5, 5.41) is 0. The first kappa shape index (κ1) is 11.0. The van der Waals surface area contributed by atoms with Crippen LogP contribution in [0.4, 0.5) is 0 Å². The molecule has 1 aliphatic rings. The van der Waals surface area contributed by atoms with Crippen molar-refractivity contribution in [2.45, 2.75) is 26.2 Å². The molecule has 1 aromatic carbocycles. The van der Waals surface area contributed by atoms with E-state index in [9.17, 15) is 4.79 Å². The summed E-state index contributed by atoms with van der Waals surface area (Å²) in [7, 11) is 3.22. The SMILES string of the molecule is COc1cc2c(c(C)c1OC)CCCC2=O. The highest BCUT2D eigenvalue weighted by Crippen LogP contribution is 2.38. The third-order valence-electron chi connectivity index (χ3n) is 3.17. The molecule has 16 heavy (non-hydrogen) atoms. The number of benzene rings is 1. The van der Waals surface area contributed by atoms with Crippen molar-refractivity contribution in [2.75, 3.05) is 14.2 Å². The average Bonchev–Trinajstić information content (AvgIpc) is 2.30. The van der Waals surface area contributed by atoms with Crippen LogP contribution in [0.25, 0.3) is 0 Å². The zero-order valence-corrected chi connectivity index (χ0v) is 9.92. The minimum atomic E-state index is 0.213. The Morgan fingerprint density at radius 3 is 2.56 bits per heavy atom. The van der Waals surface area contributed by atoms with Gasteiger partial charge in [-0.15, -0.1) is 0 Å². The molecule has 1 aromatic rings. The Labute approximate surface area is 95.4 Å². The Hall–Kier alpha value is -1.51. The molecule has 0 bridgehead atoms. The number of ketones is 1. The summed E-state index contributed by atoms with van der Waals surface area (Å²) >= 11 is 0. The lowest BCUT2D eigenvalue weighted by Crippen LogP contribution is -2.13. The topological polar surface area (TPSA) is 35.5 Å². The lowest BCUT2D eigenvalue weighted by Gasteiger charge is -2.21. The molecule has 3 nitrogen and oxygen atoms in total. The van der Waals surface area contributed by atoms with E-state index in [4.69, 9.17) is 9.47 Å². The van der Waals surface area contributed by atoms with Crippen LogP contribution in [0.1, 0.15) is 34.3 Å². The number of fused-ring (bicyclic) bond motifs is 1. The van der Waals surface area contributed by atoms with Crippen LogP contribution < -0.4 is 9.47 Å². The first-order valence-corrected chi connectivity index (χ1v) is 5.46. The van der Waals surface area contributed by atoms with Gasteiger partial charge in [0.15, 0.2) is 17.3 Å². The largest absolute Gasteiger partial charge is 0.493 e. The molecule has 0 spiro atoms. The van der Waals surface area contributed by atoms with E-state index in [2.05, 4.69) is 0 Å². The zero-order chi connectivity index (χ0) is 11.7. The molecule has 0 atom stereocenters. The van der Waals surface area contributed by atoms with Gasteiger partial charge < -0.3 is 9.47 Å². The fourth-order valence-corrected chi connectivity index (χ4v) is 2.34. The van der Waals surface area contributed by atoms with Crippen molar-refractivity contribution < 1.29 is 14.3 Å². The van der Waals surface area contributed by atoms with Crippen LogP contribution in [-0.4, -0.2) is 20.0 Å². The van der Waals surface area contributed by atoms with E-state index in [1.54, 1.807) is 14.2 Å². The molecule has 0 radical (unpaired) electrons. The fraction of sp³-hybridized carbons (Fsp3) is 0.462. The zero-order valence-electron chi connectivity index (χ0n) is 9.92. The van der Waals surface area contributed by atoms with Gasteiger partial charge in [0.25, 0.3) is 0 Å². The molecule has 0 saturated carbocycles. The summed E-state index contributed by atoms with van der Waals surface area (Å²) in [6.07, 6.45) is 2.53. The highest BCUT2D eigenvalue weighted by Gasteiger charge is 2.23. The Kier molecular flexibility index (Phi) is 2.86. The second kappa shape index (κ2) is 4.16. The number of methoxy groups -OCH3 is 2. The molecule has 0 aromatic heterocycles. The molecular weight excluding hydrogens is 204 g/mol. The van der Waals surface area contributed by atoms with Gasteiger partial charge in [-0.2, -0.15) is 0 Å². The van der Waals surface area contributed by atoms with Crippen molar-refractivity contribution in [1.82, 2.24) is 0 Å². The molecule has 2 rings (SSSR count). The molecule has 86 valence electrons. The predicted octanol–water partition coefficient (Wildman–Crippen LogP) is 2.53. The summed E-state index contributed by atoms with van der Waals surface area (Å²) in [6.45, 7) is 1.98. The molecule has 0 fully saturated rings. The lowest BCUT2D eigenvalue weighted by atomic mass is 9.87. The molecule has 0 amide bonds. The van der Waals surface area contributed by atoms with E-state index in [0.717, 1.165) is 35.3 Å². The first-order valence-electron chi connectivity index (χ1n) is 5.46. The first-order chi connectivity index (χ1) is 7.69. The molecule has 0 aliphatic heterocycles. The van der Waals surface area contributed by atoms with E-state index < -0.39 is 0 Å². The van der Waals surface area contributed by atoms with Gasteiger partial charge in [-0.25, -0.2) is 0 Å². The second-order valence-corrected chi connectivity index (χ2v) is 4.04. The number of hydrogen-bond donors (Lipinski definition) is 0. The minimum absolute atomic E-state index is 0.213. The van der Waals surface area contributed by atoms with Crippen molar-refractivity contribution in [3.63, 3.8) is 0 Å². The maximum absolute atomic E-state index is 11.8. The van der Waals surface area contributed by atoms with E-state index >= 15 is 0 Å². The van der Waals surface area contributed by atoms with Crippen LogP contribution in [0, 0.1) is 6.92 Å². The van der Waals surface area contributed by atoms with Crippen LogP contribution in [0.2, 0.25) is 0 Å². The summed E-state index contributed by atoms with van der Waals surface area (Å²) in [5.74, 6) is 1.61. The summed E-state index contributed by atoms with van der Waals surface area (Å²) in [5.41, 5.74) is 2.96. The van der Waals surface area contributed by atoms with Crippen molar-refractivity contribution in [2.24, 2.45) is 0 Å². The van der Waals surface area contributed by atoms with Crippen LogP contribution >= 0.6 is 0 Å². The smallest absolute Gasteiger partial charge is 0.163 e. The highest BCUT2D eigenvalue weighted by molar-refractivity contribution is 5.99. The molecule has 1 aliphatic carbocycles. The number of ether oxygens (including phenoxy) is 2. The van der Waals surface area contributed by atoms with E-state index in [-0.39, 0.29) is 5.78 Å². The van der Waals surface area contributed by atoms with Crippen LogP contribution in [-0.2, 0) is 6.42 Å². The average molecular weight is 220 g/mol. The Bertz CT molecular complexity index is 435. The third-order valence-corrected chi connectivity index (χ3v) is 3.17. The van der Waals surface area contributed by atoms with Gasteiger partial charge in [0.2, 0.25) is 0 Å². The van der Waals surface area contributed by atoms with E-state index in [1.807, 2.05) is 13.0 Å². The van der Waals surface area contributed by atoms with Gasteiger partial charge in [-0.1, -0.05) is 0 Å². The monoisotopic (exact) mass is 220 g/mol. The predicted molar refractivity (Wildman–Crippen MR) is 61.6 cm³/mol. The standard InChI is InChI=1S/C13H16O3/c1-8-9-5-4-6-11(14)10(9)7-12(15-2)13(8)16-3/h7H,4-6H2,1-3H3. The Morgan fingerprint density at radius 2 is 1.94 bits per heavy atom. The Balaban J connectivity index is 2.65. The van der Waals surface area contributed by atoms with Crippen LogP contribution in [0.15, 0.2) is 6.07 Å². The highest BCUT2D eigenvalue weighted by atomic mass is 16.5. The normalized spacial score (nSPS) is 14.6. The van der Waals surface area contributed by atoms with E-state index in [0.29, 0.717) is 12.2 Å². The van der Waals surface area contributed by atoms with Gasteiger partial charge in [0.1, 0.15) is 0 Å². The number of carbonyl (C=O) groups is 1. The third kappa shape index (κ3) is 1.56. The summed E-state index contributed by atoms with van der Waals surface area (Å²) in [4.78, 5) is 11.8. The summed E-state index contributed by atoms with van der Waals surface area (Å²) < 4.78 is 10.6. The number of carbonyl (C=O) groups excluding carboxylic acids is 1. The number of rotatable bonds is 2. The van der Waals surface area contributed by atoms with Crippen molar-refractivity contribution >= 4 is 5.78 Å². The van der Waals surface area contributed by atoms with Crippen LogP contribution in [0.5, 0.6) is 11.5 Å². The lowest BCUT2D eigenvalue weighted by molar-refractivity contribution is 0.0972. The van der Waals surface area contributed by atoms with Gasteiger partial charge in [0.05, 0.1) is 14.2 Å². The van der Waals surface area contributed by atoms with Crippen LogP contribution in [0.3, 0.4) is 0 Å². The molecule has 0 saturated heterocycles. The molecule has 0 unspecified atom stereocenters. The molecule has 0 N–H and O–H groups in total. The van der Waals surface area contributed by atoms with Crippen molar-refractivity contribution in [3.8, 4) is 11.5 Å². The maximum atomic E-state index is 11.8. The van der Waals surface area contributed by atoms with Crippen molar-refractivity contribution in [3.05, 3.63) is 22.8 Å². The maximum Gasteiger partial charge on any atom is 0.163 e. The fourth-order valence-electron chi connectivity index (χ4n) is 2.34. The number of Topliss-reactive ketones (excluding diaryl/α,β-unsaturated/α-hetero) is 1. The van der Waals surface area contributed by atoms with Gasteiger partial charge in [0, 0.05) is 12.0 Å². The second-order valence-electron chi connectivity index (χ2n) is 4.04. The number of hydrogen-bond acceptors (Lipinski definition) is 3. The van der Waals surface area contributed by atoms with E-state index in [1.165, 1.54) is 0 Å². The van der Waals surface area contributed by atoms with Gasteiger partial charge in [-0.05, 0) is 37.0 Å². The molecule has 0 heterocycles. The summed E-state index contributed by atoms with van der Waals surface area (Å²) in [6, 6.07) is 1.81. The Morgan fingerprint density at radius 1 is 1.19 bits per heavy atom. The molecular formula is C13H16O3.